The van der Waals surface area contributed by atoms with Crippen molar-refractivity contribution in [1.82, 2.24) is 0 Å². The highest BCUT2D eigenvalue weighted by Crippen LogP contribution is 2.38. The summed E-state index contributed by atoms with van der Waals surface area (Å²) in [6, 6.07) is 3.61. The Bertz CT molecular complexity index is 401. The molecule has 2 N–H and O–H groups in total. The first kappa shape index (κ1) is 14.8. The molecule has 0 heterocycles. The van der Waals surface area contributed by atoms with Crippen LogP contribution in [0.3, 0.4) is 0 Å². The van der Waals surface area contributed by atoms with Gasteiger partial charge in [-0.15, -0.1) is 0 Å². The second-order valence-electron chi connectivity index (χ2n) is 5.38. The summed E-state index contributed by atoms with van der Waals surface area (Å²) >= 11 is 9.49. The Morgan fingerprint density at radius 2 is 2.00 bits per heavy atom. The van der Waals surface area contributed by atoms with E-state index in [1.54, 1.807) is 7.11 Å². The number of hydrogen-bond donors (Lipinski definition) is 1. The molecule has 1 aromatic rings. The van der Waals surface area contributed by atoms with Crippen LogP contribution < -0.4 is 10.5 Å². The molecule has 0 amide bonds. The first-order valence-electron chi connectivity index (χ1n) is 5.53. The predicted octanol–water partition coefficient (Wildman–Crippen LogP) is 4.55. The first-order chi connectivity index (χ1) is 7.74. The van der Waals surface area contributed by atoms with Gasteiger partial charge in [-0.3, -0.25) is 0 Å². The molecule has 0 aliphatic heterocycles. The van der Waals surface area contributed by atoms with Gasteiger partial charge in [0.1, 0.15) is 5.75 Å². The minimum Gasteiger partial charge on any atom is -0.495 e. The largest absolute Gasteiger partial charge is 0.495 e. The molecule has 0 aromatic heterocycles. The van der Waals surface area contributed by atoms with Gasteiger partial charge in [-0.2, -0.15) is 0 Å². The monoisotopic (exact) mass is 319 g/mol. The van der Waals surface area contributed by atoms with Crippen molar-refractivity contribution in [3.8, 4) is 5.75 Å². The highest BCUT2D eigenvalue weighted by atomic mass is 79.9. The Kier molecular flexibility index (Phi) is 4.87. The van der Waals surface area contributed by atoms with E-state index in [4.69, 9.17) is 22.1 Å². The van der Waals surface area contributed by atoms with Crippen LogP contribution in [0, 0.1) is 5.41 Å². The third-order valence-electron chi connectivity index (χ3n) is 2.47. The second-order valence-corrected chi connectivity index (χ2v) is 6.67. The van der Waals surface area contributed by atoms with E-state index in [0.29, 0.717) is 5.02 Å². The molecule has 0 saturated carbocycles. The Morgan fingerprint density at radius 3 is 2.47 bits per heavy atom. The van der Waals surface area contributed by atoms with Gasteiger partial charge in [0.2, 0.25) is 0 Å². The van der Waals surface area contributed by atoms with Crippen LogP contribution >= 0.6 is 27.5 Å². The molecule has 0 aliphatic rings. The maximum absolute atomic E-state index is 6.24. The lowest BCUT2D eigenvalue weighted by Gasteiger charge is -2.25. The molecule has 1 atom stereocenters. The lowest BCUT2D eigenvalue weighted by atomic mass is 9.85. The van der Waals surface area contributed by atoms with Gasteiger partial charge in [-0.1, -0.05) is 32.4 Å². The number of halogens is 2. The lowest BCUT2D eigenvalue weighted by Crippen LogP contribution is -2.19. The summed E-state index contributed by atoms with van der Waals surface area (Å²) in [7, 11) is 1.64. The van der Waals surface area contributed by atoms with Crippen molar-refractivity contribution in [2.24, 2.45) is 11.1 Å². The zero-order valence-electron chi connectivity index (χ0n) is 10.7. The van der Waals surface area contributed by atoms with Crippen molar-refractivity contribution >= 4 is 27.5 Å². The quantitative estimate of drug-likeness (QED) is 0.887. The Balaban J connectivity index is 3.11. The SMILES string of the molecule is COc1c(Br)cc(Cl)cc1C(N)CC(C)(C)C. The fourth-order valence-corrected chi connectivity index (χ4v) is 2.84. The molecule has 17 heavy (non-hydrogen) atoms. The molecule has 0 aliphatic carbocycles. The van der Waals surface area contributed by atoms with Crippen LogP contribution in [0.25, 0.3) is 0 Å². The molecule has 1 rings (SSSR count). The van der Waals surface area contributed by atoms with Crippen LogP contribution in [-0.4, -0.2) is 7.11 Å². The zero-order valence-corrected chi connectivity index (χ0v) is 13.0. The van der Waals surface area contributed by atoms with Crippen LogP contribution in [0.5, 0.6) is 5.75 Å². The average Bonchev–Trinajstić information content (AvgIpc) is 2.13. The molecule has 0 radical (unpaired) electrons. The fraction of sp³-hybridized carbons (Fsp3) is 0.538. The van der Waals surface area contributed by atoms with E-state index >= 15 is 0 Å². The topological polar surface area (TPSA) is 35.2 Å². The number of methoxy groups -OCH3 is 1. The van der Waals surface area contributed by atoms with Crippen LogP contribution in [-0.2, 0) is 0 Å². The van der Waals surface area contributed by atoms with E-state index in [2.05, 4.69) is 36.7 Å². The zero-order chi connectivity index (χ0) is 13.2. The van der Waals surface area contributed by atoms with Gasteiger partial charge < -0.3 is 10.5 Å². The summed E-state index contributed by atoms with van der Waals surface area (Å²) < 4.78 is 6.22. The van der Waals surface area contributed by atoms with E-state index in [9.17, 15) is 0 Å². The molecule has 0 bridgehead atoms. The van der Waals surface area contributed by atoms with Gasteiger partial charge in [0.15, 0.2) is 0 Å². The normalized spacial score (nSPS) is 13.6. The van der Waals surface area contributed by atoms with Gasteiger partial charge in [0.25, 0.3) is 0 Å². The van der Waals surface area contributed by atoms with Crippen molar-refractivity contribution in [2.75, 3.05) is 7.11 Å². The third-order valence-corrected chi connectivity index (χ3v) is 3.28. The smallest absolute Gasteiger partial charge is 0.137 e. The molecular weight excluding hydrogens is 302 g/mol. The Hall–Kier alpha value is -0.250. The second kappa shape index (κ2) is 5.59. The molecule has 0 saturated heterocycles. The van der Waals surface area contributed by atoms with Gasteiger partial charge in [0.05, 0.1) is 11.6 Å². The summed E-state index contributed by atoms with van der Waals surface area (Å²) in [5.41, 5.74) is 7.35. The maximum Gasteiger partial charge on any atom is 0.137 e. The van der Waals surface area contributed by atoms with Gasteiger partial charge in [-0.25, -0.2) is 0 Å². The molecule has 1 unspecified atom stereocenters. The van der Waals surface area contributed by atoms with Crippen molar-refractivity contribution < 1.29 is 4.74 Å². The molecule has 4 heteroatoms. The predicted molar refractivity (Wildman–Crippen MR) is 76.7 cm³/mol. The van der Waals surface area contributed by atoms with Gasteiger partial charge in [-0.05, 0) is 39.9 Å². The van der Waals surface area contributed by atoms with E-state index in [-0.39, 0.29) is 11.5 Å². The van der Waals surface area contributed by atoms with Crippen LogP contribution in [0.15, 0.2) is 16.6 Å². The summed E-state index contributed by atoms with van der Waals surface area (Å²) in [5, 5.41) is 0.664. The number of nitrogens with two attached hydrogens (primary N) is 1. The van der Waals surface area contributed by atoms with Crippen molar-refractivity contribution in [3.05, 3.63) is 27.2 Å². The number of ether oxygens (including phenoxy) is 1. The van der Waals surface area contributed by atoms with E-state index in [1.165, 1.54) is 0 Å². The van der Waals surface area contributed by atoms with Crippen LogP contribution in [0.4, 0.5) is 0 Å². The Morgan fingerprint density at radius 1 is 1.41 bits per heavy atom. The summed E-state index contributed by atoms with van der Waals surface area (Å²) in [6.07, 6.45) is 0.871. The van der Waals surface area contributed by atoms with Gasteiger partial charge >= 0.3 is 0 Å². The minimum atomic E-state index is -0.0834. The highest BCUT2D eigenvalue weighted by Gasteiger charge is 2.21. The summed E-state index contributed by atoms with van der Waals surface area (Å²) in [6.45, 7) is 6.50. The number of rotatable bonds is 3. The molecule has 96 valence electrons. The Labute approximate surface area is 117 Å². The van der Waals surface area contributed by atoms with Crippen molar-refractivity contribution in [2.45, 2.75) is 33.2 Å². The summed E-state index contributed by atoms with van der Waals surface area (Å²) in [5.74, 6) is 0.770. The first-order valence-corrected chi connectivity index (χ1v) is 6.70. The lowest BCUT2D eigenvalue weighted by molar-refractivity contribution is 0.334. The number of hydrogen-bond acceptors (Lipinski definition) is 2. The molecule has 2 nitrogen and oxygen atoms in total. The van der Waals surface area contributed by atoms with E-state index < -0.39 is 0 Å². The fourth-order valence-electron chi connectivity index (χ4n) is 1.84. The standard InChI is InChI=1S/C13H19BrClNO/c1-13(2,3)7-11(16)9-5-8(15)6-10(14)12(9)17-4/h5-6,11H,7,16H2,1-4H3. The highest BCUT2D eigenvalue weighted by molar-refractivity contribution is 9.10. The van der Waals surface area contributed by atoms with Gasteiger partial charge in [0, 0.05) is 16.6 Å². The molecular formula is C13H19BrClNO. The van der Waals surface area contributed by atoms with Crippen molar-refractivity contribution in [1.29, 1.82) is 0 Å². The molecule has 0 spiro atoms. The maximum atomic E-state index is 6.24. The number of benzene rings is 1. The molecule has 1 aromatic carbocycles. The summed E-state index contributed by atoms with van der Waals surface area (Å²) in [4.78, 5) is 0. The third kappa shape index (κ3) is 4.16. The van der Waals surface area contributed by atoms with Crippen LogP contribution in [0.1, 0.15) is 38.8 Å². The molecule has 0 fully saturated rings. The van der Waals surface area contributed by atoms with E-state index in [0.717, 1.165) is 22.2 Å². The van der Waals surface area contributed by atoms with Crippen molar-refractivity contribution in [3.63, 3.8) is 0 Å². The minimum absolute atomic E-state index is 0.0834. The van der Waals surface area contributed by atoms with E-state index in [1.807, 2.05) is 12.1 Å². The van der Waals surface area contributed by atoms with Crippen LogP contribution in [0.2, 0.25) is 5.02 Å². The average molecular weight is 321 g/mol.